The number of thioether (sulfide) groups is 1. The van der Waals surface area contributed by atoms with Crippen molar-refractivity contribution in [3.63, 3.8) is 0 Å². The average Bonchev–Trinajstić information content (AvgIpc) is 3.65. The molecule has 0 saturated heterocycles. The number of benzene rings is 2. The van der Waals surface area contributed by atoms with Gasteiger partial charge in [0, 0.05) is 28.6 Å². The smallest absolute Gasteiger partial charge is 0.296 e. The van der Waals surface area contributed by atoms with Crippen LogP contribution in [0.15, 0.2) is 99.2 Å². The molecule has 6 rings (SSSR count). The van der Waals surface area contributed by atoms with Crippen molar-refractivity contribution in [2.24, 2.45) is 0 Å². The topological polar surface area (TPSA) is 109 Å². The van der Waals surface area contributed by atoms with Crippen LogP contribution in [0.1, 0.15) is 27.7 Å². The minimum absolute atomic E-state index is 0.0181. The molecule has 1 aliphatic heterocycles. The van der Waals surface area contributed by atoms with Crippen molar-refractivity contribution in [1.29, 1.82) is 0 Å². The van der Waals surface area contributed by atoms with Crippen molar-refractivity contribution in [3.05, 3.63) is 112 Å². The number of carbonyl (C=O) groups is 2. The number of carbonyl (C=O) groups excluding carboxylic acids is 2. The second-order valence-electron chi connectivity index (χ2n) is 8.33. The van der Waals surface area contributed by atoms with E-state index in [1.54, 1.807) is 42.7 Å². The highest BCUT2D eigenvalue weighted by atomic mass is 35.5. The van der Waals surface area contributed by atoms with Gasteiger partial charge in [0.15, 0.2) is 15.9 Å². The van der Waals surface area contributed by atoms with Gasteiger partial charge < -0.3 is 9.52 Å². The Morgan fingerprint density at radius 3 is 2.71 bits per heavy atom. The lowest BCUT2D eigenvalue weighted by Crippen LogP contribution is -2.31. The fourth-order valence-corrected chi connectivity index (χ4v) is 6.38. The van der Waals surface area contributed by atoms with Crippen LogP contribution < -0.4 is 4.90 Å². The molecule has 38 heavy (non-hydrogen) atoms. The molecule has 1 amide bonds. The van der Waals surface area contributed by atoms with Gasteiger partial charge in [0.05, 0.1) is 11.6 Å². The molecule has 0 bridgehead atoms. The number of aliphatic hydroxyl groups excluding tert-OH is 1. The van der Waals surface area contributed by atoms with E-state index in [4.69, 9.17) is 16.0 Å². The number of hydrogen-bond acceptors (Lipinski definition) is 9. The van der Waals surface area contributed by atoms with Crippen LogP contribution >= 0.6 is 34.7 Å². The standard InChI is InChI=1S/C27H17ClN4O4S2/c28-18-9-3-1-7-17(18)14-37-27-31-30-26(38-27)32-22(16-8-5-11-29-13-16)21(24(34)25(32)35)23(33)20-12-15-6-2-4-10-19(15)36-20/h1-13,22,34H,14H2. The average molecular weight is 561 g/mol. The summed E-state index contributed by atoms with van der Waals surface area (Å²) in [5.41, 5.74) is 1.89. The van der Waals surface area contributed by atoms with Crippen molar-refractivity contribution >= 4 is 62.5 Å². The van der Waals surface area contributed by atoms with Gasteiger partial charge in [0.25, 0.3) is 5.91 Å². The number of rotatable bonds is 7. The first kappa shape index (κ1) is 24.4. The van der Waals surface area contributed by atoms with Gasteiger partial charge in [0.1, 0.15) is 5.58 Å². The lowest BCUT2D eigenvalue weighted by molar-refractivity contribution is -0.117. The van der Waals surface area contributed by atoms with Gasteiger partial charge in [-0.2, -0.15) is 0 Å². The number of furan rings is 1. The Kier molecular flexibility index (Phi) is 6.44. The van der Waals surface area contributed by atoms with E-state index in [2.05, 4.69) is 15.2 Å². The van der Waals surface area contributed by atoms with E-state index < -0.39 is 23.5 Å². The molecule has 5 aromatic rings. The number of halogens is 1. The number of aromatic nitrogens is 3. The van der Waals surface area contributed by atoms with Crippen LogP contribution in [0.4, 0.5) is 5.13 Å². The summed E-state index contributed by atoms with van der Waals surface area (Å²) < 4.78 is 6.36. The first-order valence-electron chi connectivity index (χ1n) is 11.4. The largest absolute Gasteiger partial charge is 0.503 e. The van der Waals surface area contributed by atoms with Gasteiger partial charge in [-0.3, -0.25) is 19.5 Å². The molecule has 2 aromatic carbocycles. The van der Waals surface area contributed by atoms with E-state index in [1.807, 2.05) is 36.4 Å². The van der Waals surface area contributed by atoms with Crippen molar-refractivity contribution in [2.75, 3.05) is 4.90 Å². The third-order valence-electron chi connectivity index (χ3n) is 6.01. The quantitative estimate of drug-likeness (QED) is 0.138. The fraction of sp³-hybridized carbons (Fsp3) is 0.0741. The minimum Gasteiger partial charge on any atom is -0.503 e. The maximum Gasteiger partial charge on any atom is 0.296 e. The van der Waals surface area contributed by atoms with Crippen LogP contribution in [0.5, 0.6) is 0 Å². The Balaban J connectivity index is 1.35. The first-order chi connectivity index (χ1) is 18.5. The number of fused-ring (bicyclic) bond motifs is 1. The number of para-hydroxylation sites is 1. The number of hydrogen-bond donors (Lipinski definition) is 1. The second kappa shape index (κ2) is 10.1. The molecule has 0 aliphatic carbocycles. The molecule has 0 saturated carbocycles. The molecule has 8 nitrogen and oxygen atoms in total. The molecular formula is C27H17ClN4O4S2. The van der Waals surface area contributed by atoms with E-state index in [9.17, 15) is 14.7 Å². The van der Waals surface area contributed by atoms with Gasteiger partial charge in [-0.1, -0.05) is 77.2 Å². The van der Waals surface area contributed by atoms with Crippen molar-refractivity contribution < 1.29 is 19.1 Å². The number of Topliss-reactive ketones (excluding diaryl/α,β-unsaturated/α-hetero) is 1. The molecule has 1 N–H and O–H groups in total. The Labute approximate surface area is 229 Å². The highest BCUT2D eigenvalue weighted by Gasteiger charge is 2.47. The zero-order valence-electron chi connectivity index (χ0n) is 19.4. The zero-order chi connectivity index (χ0) is 26.2. The summed E-state index contributed by atoms with van der Waals surface area (Å²) in [5, 5.41) is 21.0. The number of nitrogens with zero attached hydrogens (tertiary/aromatic N) is 4. The lowest BCUT2D eigenvalue weighted by atomic mass is 9.96. The Morgan fingerprint density at radius 2 is 1.92 bits per heavy atom. The summed E-state index contributed by atoms with van der Waals surface area (Å²) in [6, 6.07) is 18.8. The molecule has 4 heterocycles. The molecule has 0 fully saturated rings. The van der Waals surface area contributed by atoms with Gasteiger partial charge in [0.2, 0.25) is 10.9 Å². The summed E-state index contributed by atoms with van der Waals surface area (Å²) in [7, 11) is 0. The number of amides is 1. The molecule has 0 radical (unpaired) electrons. The number of anilines is 1. The maximum atomic E-state index is 13.7. The van der Waals surface area contributed by atoms with Gasteiger partial charge in [-0.05, 0) is 35.4 Å². The van der Waals surface area contributed by atoms with Crippen LogP contribution in [-0.2, 0) is 10.5 Å². The van der Waals surface area contributed by atoms with Crippen LogP contribution in [0.25, 0.3) is 11.0 Å². The van der Waals surface area contributed by atoms with Crippen LogP contribution in [0.2, 0.25) is 5.02 Å². The first-order valence-corrected chi connectivity index (χ1v) is 13.6. The minimum atomic E-state index is -0.966. The van der Waals surface area contributed by atoms with Gasteiger partial charge in [-0.25, -0.2) is 0 Å². The van der Waals surface area contributed by atoms with Gasteiger partial charge >= 0.3 is 0 Å². The van der Waals surface area contributed by atoms with E-state index in [0.717, 1.165) is 10.9 Å². The number of aliphatic hydroxyl groups is 1. The van der Waals surface area contributed by atoms with E-state index in [1.165, 1.54) is 28.0 Å². The third-order valence-corrected chi connectivity index (χ3v) is 8.49. The SMILES string of the molecule is O=C(C1=C(O)C(=O)N(c2nnc(SCc3ccccc3Cl)s2)C1c1cccnc1)c1cc2ccccc2o1. The van der Waals surface area contributed by atoms with Crippen LogP contribution in [0.3, 0.4) is 0 Å². The molecule has 11 heteroatoms. The van der Waals surface area contributed by atoms with E-state index in [-0.39, 0.29) is 16.5 Å². The third kappa shape index (κ3) is 4.36. The summed E-state index contributed by atoms with van der Waals surface area (Å²) in [6.45, 7) is 0. The van der Waals surface area contributed by atoms with Crippen molar-refractivity contribution in [2.45, 2.75) is 16.1 Å². The molecule has 0 spiro atoms. The number of pyridine rings is 1. The summed E-state index contributed by atoms with van der Waals surface area (Å²) in [4.78, 5) is 32.5. The lowest BCUT2D eigenvalue weighted by Gasteiger charge is -2.23. The molecule has 1 unspecified atom stereocenters. The van der Waals surface area contributed by atoms with Crippen molar-refractivity contribution in [3.8, 4) is 0 Å². The molecule has 3 aromatic heterocycles. The van der Waals surface area contributed by atoms with Crippen LogP contribution in [0, 0.1) is 0 Å². The fourth-order valence-electron chi connectivity index (χ4n) is 4.23. The summed E-state index contributed by atoms with van der Waals surface area (Å²) >= 11 is 8.87. The Hall–Kier alpha value is -3.99. The highest BCUT2D eigenvalue weighted by molar-refractivity contribution is 8.00. The molecule has 188 valence electrons. The normalized spacial score (nSPS) is 15.6. The predicted octanol–water partition coefficient (Wildman–Crippen LogP) is 6.41. The number of ketones is 1. The monoisotopic (exact) mass is 560 g/mol. The predicted molar refractivity (Wildman–Crippen MR) is 146 cm³/mol. The Morgan fingerprint density at radius 1 is 1.11 bits per heavy atom. The van der Waals surface area contributed by atoms with E-state index in [0.29, 0.717) is 26.3 Å². The molecule has 1 atom stereocenters. The maximum absolute atomic E-state index is 13.7. The summed E-state index contributed by atoms with van der Waals surface area (Å²) in [6.07, 6.45) is 3.13. The second-order valence-corrected chi connectivity index (χ2v) is 10.9. The van der Waals surface area contributed by atoms with Crippen molar-refractivity contribution in [1.82, 2.24) is 15.2 Å². The van der Waals surface area contributed by atoms with Gasteiger partial charge in [-0.15, -0.1) is 10.2 Å². The van der Waals surface area contributed by atoms with E-state index >= 15 is 0 Å². The Bertz CT molecular complexity index is 1680. The van der Waals surface area contributed by atoms with Crippen LogP contribution in [-0.4, -0.2) is 32.0 Å². The zero-order valence-corrected chi connectivity index (χ0v) is 21.8. The molecule has 1 aliphatic rings. The summed E-state index contributed by atoms with van der Waals surface area (Å²) in [5.74, 6) is -1.43. The molecular weight excluding hydrogens is 544 g/mol. The highest BCUT2D eigenvalue weighted by Crippen LogP contribution is 2.44.